The van der Waals surface area contributed by atoms with Crippen LogP contribution in [0.1, 0.15) is 26.2 Å². The largest absolute Gasteiger partial charge is 0.489 e. The van der Waals surface area contributed by atoms with Crippen LogP contribution in [-0.4, -0.2) is 48.8 Å². The maximum atomic E-state index is 6.20. The number of rotatable bonds is 8. The SMILES string of the molecule is CCNCCCn1c2ccccc2c2ccc(OC/C=C3\CN4CCC3CC4)cc21. The normalized spacial score (nSPS) is 22.4. The molecule has 30 heavy (non-hydrogen) atoms. The van der Waals surface area contributed by atoms with Gasteiger partial charge in [-0.3, -0.25) is 4.90 Å². The fourth-order valence-electron chi connectivity index (χ4n) is 5.22. The van der Waals surface area contributed by atoms with Crippen molar-refractivity contribution in [2.45, 2.75) is 32.7 Å². The molecule has 3 aliphatic rings. The van der Waals surface area contributed by atoms with Gasteiger partial charge >= 0.3 is 0 Å². The fourth-order valence-corrected chi connectivity index (χ4v) is 5.22. The number of piperidine rings is 3. The smallest absolute Gasteiger partial charge is 0.121 e. The van der Waals surface area contributed by atoms with Crippen molar-refractivity contribution in [3.05, 3.63) is 54.1 Å². The molecular weight excluding hydrogens is 370 g/mol. The second kappa shape index (κ2) is 8.83. The first-order chi connectivity index (χ1) is 14.8. The lowest BCUT2D eigenvalue weighted by Gasteiger charge is -2.41. The van der Waals surface area contributed by atoms with E-state index in [4.69, 9.17) is 4.74 Å². The summed E-state index contributed by atoms with van der Waals surface area (Å²) in [6.07, 6.45) is 6.11. The predicted octanol–water partition coefficient (Wildman–Crippen LogP) is 4.82. The first kappa shape index (κ1) is 19.7. The molecule has 3 aliphatic heterocycles. The summed E-state index contributed by atoms with van der Waals surface area (Å²) in [5, 5.41) is 6.09. The minimum atomic E-state index is 0.672. The molecule has 0 spiro atoms. The van der Waals surface area contributed by atoms with Gasteiger partial charge in [0.05, 0.1) is 5.52 Å². The van der Waals surface area contributed by atoms with Gasteiger partial charge in [-0.1, -0.05) is 30.7 Å². The molecule has 3 saturated heterocycles. The van der Waals surface area contributed by atoms with Crippen LogP contribution in [0.25, 0.3) is 21.8 Å². The Morgan fingerprint density at radius 1 is 1.07 bits per heavy atom. The van der Waals surface area contributed by atoms with Crippen LogP contribution in [0.3, 0.4) is 0 Å². The van der Waals surface area contributed by atoms with Crippen LogP contribution < -0.4 is 10.1 Å². The second-order valence-corrected chi connectivity index (χ2v) is 8.70. The maximum absolute atomic E-state index is 6.20. The summed E-state index contributed by atoms with van der Waals surface area (Å²) >= 11 is 0. The van der Waals surface area contributed by atoms with Crippen LogP contribution in [0.2, 0.25) is 0 Å². The Balaban J connectivity index is 1.37. The third-order valence-electron chi connectivity index (χ3n) is 6.84. The van der Waals surface area contributed by atoms with Gasteiger partial charge in [0, 0.05) is 35.4 Å². The summed E-state index contributed by atoms with van der Waals surface area (Å²) < 4.78 is 8.66. The van der Waals surface area contributed by atoms with Crippen molar-refractivity contribution in [2.75, 3.05) is 39.3 Å². The first-order valence-electron chi connectivity index (χ1n) is 11.6. The molecule has 4 heterocycles. The standard InChI is InChI=1S/C26H33N3O/c1-2-27-13-5-14-29-25-7-4-3-6-23(25)24-9-8-22(18-26(24)29)30-17-12-21-19-28-15-10-20(21)11-16-28/h3-4,6-9,12,18,20,27H,2,5,10-11,13-17,19H2,1H3/b21-12+. The molecule has 1 N–H and O–H groups in total. The van der Waals surface area contributed by atoms with E-state index < -0.39 is 0 Å². The number of aromatic nitrogens is 1. The number of hydrogen-bond donors (Lipinski definition) is 1. The van der Waals surface area contributed by atoms with Crippen LogP contribution >= 0.6 is 0 Å². The van der Waals surface area contributed by atoms with E-state index in [2.05, 4.69) is 70.2 Å². The summed E-state index contributed by atoms with van der Waals surface area (Å²) in [4.78, 5) is 2.57. The lowest BCUT2D eigenvalue weighted by atomic mass is 9.84. The number of nitrogens with zero attached hydrogens (tertiary/aromatic N) is 2. The molecule has 0 saturated carbocycles. The molecule has 0 aliphatic carbocycles. The number of nitrogens with one attached hydrogen (secondary N) is 1. The summed E-state index contributed by atoms with van der Waals surface area (Å²) in [6.45, 7) is 9.62. The molecule has 1 aromatic heterocycles. The second-order valence-electron chi connectivity index (χ2n) is 8.70. The Bertz CT molecular complexity index is 1040. The maximum Gasteiger partial charge on any atom is 0.121 e. The molecule has 158 valence electrons. The summed E-state index contributed by atoms with van der Waals surface area (Å²) in [5.41, 5.74) is 4.18. The highest BCUT2D eigenvalue weighted by Crippen LogP contribution is 2.33. The number of hydrogen-bond acceptors (Lipinski definition) is 3. The molecular formula is C26H33N3O. The van der Waals surface area contributed by atoms with E-state index in [9.17, 15) is 0 Å². The van der Waals surface area contributed by atoms with Crippen molar-refractivity contribution in [1.29, 1.82) is 0 Å². The Hall–Kier alpha value is -2.30. The van der Waals surface area contributed by atoms with E-state index in [1.165, 1.54) is 47.7 Å². The van der Waals surface area contributed by atoms with E-state index in [-0.39, 0.29) is 0 Å². The monoisotopic (exact) mass is 403 g/mol. The van der Waals surface area contributed by atoms with Crippen LogP contribution in [-0.2, 0) is 6.54 Å². The van der Waals surface area contributed by atoms with E-state index in [0.717, 1.165) is 44.3 Å². The van der Waals surface area contributed by atoms with Crippen molar-refractivity contribution in [1.82, 2.24) is 14.8 Å². The van der Waals surface area contributed by atoms with Crippen LogP contribution in [0, 0.1) is 5.92 Å². The Morgan fingerprint density at radius 2 is 1.90 bits per heavy atom. The summed E-state index contributed by atoms with van der Waals surface area (Å²) in [5.74, 6) is 1.76. The van der Waals surface area contributed by atoms with Crippen molar-refractivity contribution in [3.63, 3.8) is 0 Å². The predicted molar refractivity (Wildman–Crippen MR) is 125 cm³/mol. The average Bonchev–Trinajstić information content (AvgIpc) is 3.11. The van der Waals surface area contributed by atoms with E-state index in [0.29, 0.717) is 6.61 Å². The van der Waals surface area contributed by atoms with Gasteiger partial charge in [-0.15, -0.1) is 0 Å². The molecule has 4 heteroatoms. The van der Waals surface area contributed by atoms with E-state index >= 15 is 0 Å². The van der Waals surface area contributed by atoms with Crippen molar-refractivity contribution in [3.8, 4) is 5.75 Å². The topological polar surface area (TPSA) is 29.4 Å². The van der Waals surface area contributed by atoms with Gasteiger partial charge in [0.15, 0.2) is 0 Å². The minimum Gasteiger partial charge on any atom is -0.489 e. The van der Waals surface area contributed by atoms with Gasteiger partial charge < -0.3 is 14.6 Å². The molecule has 0 unspecified atom stereocenters. The van der Waals surface area contributed by atoms with E-state index in [1.807, 2.05) is 0 Å². The zero-order chi connectivity index (χ0) is 20.3. The highest BCUT2D eigenvalue weighted by molar-refractivity contribution is 6.08. The molecule has 2 bridgehead atoms. The molecule has 0 radical (unpaired) electrons. The van der Waals surface area contributed by atoms with Crippen molar-refractivity contribution < 1.29 is 4.74 Å². The van der Waals surface area contributed by atoms with Gasteiger partial charge in [-0.05, 0) is 75.6 Å². The van der Waals surface area contributed by atoms with Gasteiger partial charge in [-0.25, -0.2) is 0 Å². The van der Waals surface area contributed by atoms with Crippen LogP contribution in [0.5, 0.6) is 5.75 Å². The zero-order valence-corrected chi connectivity index (χ0v) is 18.1. The Kier molecular flexibility index (Phi) is 5.78. The summed E-state index contributed by atoms with van der Waals surface area (Å²) in [6, 6.07) is 15.3. The lowest BCUT2D eigenvalue weighted by Crippen LogP contribution is -2.43. The molecule has 4 nitrogen and oxygen atoms in total. The summed E-state index contributed by atoms with van der Waals surface area (Å²) in [7, 11) is 0. The van der Waals surface area contributed by atoms with Gasteiger partial charge in [0.25, 0.3) is 0 Å². The number of aryl methyl sites for hydroxylation is 1. The van der Waals surface area contributed by atoms with Gasteiger partial charge in [0.2, 0.25) is 0 Å². The number of para-hydroxylation sites is 1. The average molecular weight is 404 g/mol. The van der Waals surface area contributed by atoms with Gasteiger partial charge in [-0.2, -0.15) is 0 Å². The van der Waals surface area contributed by atoms with Crippen LogP contribution in [0.4, 0.5) is 0 Å². The lowest BCUT2D eigenvalue weighted by molar-refractivity contribution is 0.160. The molecule has 0 atom stereocenters. The zero-order valence-electron chi connectivity index (χ0n) is 18.1. The quantitative estimate of drug-likeness (QED) is 0.432. The molecule has 2 aromatic carbocycles. The Labute approximate surface area is 179 Å². The highest BCUT2D eigenvalue weighted by atomic mass is 16.5. The highest BCUT2D eigenvalue weighted by Gasteiger charge is 2.28. The van der Waals surface area contributed by atoms with Gasteiger partial charge in [0.1, 0.15) is 12.4 Å². The number of fused-ring (bicyclic) bond motifs is 6. The molecule has 0 amide bonds. The van der Waals surface area contributed by atoms with E-state index in [1.54, 1.807) is 5.57 Å². The number of ether oxygens (including phenoxy) is 1. The third-order valence-corrected chi connectivity index (χ3v) is 6.84. The molecule has 6 rings (SSSR count). The number of benzene rings is 2. The fraction of sp³-hybridized carbons (Fsp3) is 0.462. The van der Waals surface area contributed by atoms with Crippen LogP contribution in [0.15, 0.2) is 54.1 Å². The van der Waals surface area contributed by atoms with Crippen molar-refractivity contribution in [2.24, 2.45) is 5.92 Å². The minimum absolute atomic E-state index is 0.672. The first-order valence-corrected chi connectivity index (χ1v) is 11.6. The molecule has 3 fully saturated rings. The van der Waals surface area contributed by atoms with Crippen molar-refractivity contribution >= 4 is 21.8 Å². The Morgan fingerprint density at radius 3 is 2.70 bits per heavy atom. The molecule has 3 aromatic rings. The third kappa shape index (κ3) is 3.86.